The molecule has 0 spiro atoms. The topological polar surface area (TPSA) is 44.0 Å². The first-order valence-corrected chi connectivity index (χ1v) is 7.61. The van der Waals surface area contributed by atoms with E-state index < -0.39 is 0 Å². The van der Waals surface area contributed by atoms with Gasteiger partial charge in [0, 0.05) is 20.1 Å². The summed E-state index contributed by atoms with van der Waals surface area (Å²) in [6.45, 7) is 5.09. The fourth-order valence-electron chi connectivity index (χ4n) is 3.03. The predicted octanol–water partition coefficient (Wildman–Crippen LogP) is 2.32. The molecule has 6 heteroatoms. The maximum absolute atomic E-state index is 5.66. The van der Waals surface area contributed by atoms with Crippen LogP contribution in [0.4, 0.5) is 0 Å². The van der Waals surface area contributed by atoms with E-state index in [0.717, 1.165) is 44.4 Å². The van der Waals surface area contributed by atoms with Crippen molar-refractivity contribution in [1.29, 1.82) is 0 Å². The van der Waals surface area contributed by atoms with E-state index in [9.17, 15) is 0 Å². The highest BCUT2D eigenvalue weighted by molar-refractivity contribution is 14.0. The van der Waals surface area contributed by atoms with E-state index >= 15 is 0 Å². The van der Waals surface area contributed by atoms with Gasteiger partial charge in [0.2, 0.25) is 0 Å². The number of furan rings is 1. The van der Waals surface area contributed by atoms with Crippen LogP contribution in [-0.4, -0.2) is 55.5 Å². The molecular weight excluding hydrogens is 379 g/mol. The lowest BCUT2D eigenvalue weighted by molar-refractivity contribution is 0.146. The molecule has 0 saturated carbocycles. The number of nitrogens with one attached hydrogen (secondary N) is 1. The average Bonchev–Trinajstić information content (AvgIpc) is 3.13. The van der Waals surface area contributed by atoms with Gasteiger partial charge in [-0.05, 0) is 38.1 Å². The number of halogens is 1. The second-order valence-electron chi connectivity index (χ2n) is 5.64. The van der Waals surface area contributed by atoms with Gasteiger partial charge < -0.3 is 14.6 Å². The van der Waals surface area contributed by atoms with Crippen molar-refractivity contribution >= 4 is 29.9 Å². The second kappa shape index (κ2) is 8.03. The van der Waals surface area contributed by atoms with E-state index in [-0.39, 0.29) is 24.0 Å². The Kier molecular flexibility index (Phi) is 6.35. The summed E-state index contributed by atoms with van der Waals surface area (Å²) in [7, 11) is 2.08. The van der Waals surface area contributed by atoms with E-state index in [1.165, 1.54) is 19.3 Å². The Balaban J connectivity index is 0.00000161. The highest BCUT2D eigenvalue weighted by Crippen LogP contribution is 2.24. The number of nitrogens with zero attached hydrogens (tertiary/aromatic N) is 3. The summed E-state index contributed by atoms with van der Waals surface area (Å²) in [5.41, 5.74) is 0. The highest BCUT2D eigenvalue weighted by Gasteiger charge is 2.25. The molecule has 1 N–H and O–H groups in total. The Hall–Kier alpha value is -0.760. The normalized spacial score (nSPS) is 20.8. The minimum absolute atomic E-state index is 0. The van der Waals surface area contributed by atoms with Crippen LogP contribution < -0.4 is 5.32 Å². The molecule has 21 heavy (non-hydrogen) atoms. The van der Waals surface area contributed by atoms with E-state index in [4.69, 9.17) is 4.42 Å². The Morgan fingerprint density at radius 3 is 2.71 bits per heavy atom. The standard InChI is InChI=1S/C15H24N4O.HI/c1-18-10-7-16-15(18)17-12-13(14-6-5-11-20-14)19-8-3-2-4-9-19;/h5-6,11,13H,2-4,7-10,12H2,1H3,(H,16,17);1H. The number of likely N-dealkylation sites (N-methyl/N-ethyl adjacent to an activating group) is 1. The molecule has 3 rings (SSSR count). The van der Waals surface area contributed by atoms with Gasteiger partial charge in [-0.3, -0.25) is 9.89 Å². The first-order chi connectivity index (χ1) is 9.84. The van der Waals surface area contributed by atoms with Crippen molar-refractivity contribution in [2.45, 2.75) is 25.3 Å². The highest BCUT2D eigenvalue weighted by atomic mass is 127. The third-order valence-corrected chi connectivity index (χ3v) is 4.22. The van der Waals surface area contributed by atoms with Crippen LogP contribution in [-0.2, 0) is 0 Å². The Morgan fingerprint density at radius 2 is 2.10 bits per heavy atom. The number of hydrogen-bond donors (Lipinski definition) is 1. The van der Waals surface area contributed by atoms with Gasteiger partial charge >= 0.3 is 0 Å². The summed E-state index contributed by atoms with van der Waals surface area (Å²) in [5.74, 6) is 2.07. The van der Waals surface area contributed by atoms with Gasteiger partial charge in [0.25, 0.3) is 0 Å². The molecule has 1 aromatic heterocycles. The smallest absolute Gasteiger partial charge is 0.193 e. The Labute approximate surface area is 143 Å². The van der Waals surface area contributed by atoms with Crippen LogP contribution >= 0.6 is 24.0 Å². The van der Waals surface area contributed by atoms with Crippen LogP contribution in [0, 0.1) is 0 Å². The molecule has 1 unspecified atom stereocenters. The van der Waals surface area contributed by atoms with Gasteiger partial charge in [0.05, 0.1) is 18.8 Å². The van der Waals surface area contributed by atoms with Crippen molar-refractivity contribution in [3.05, 3.63) is 24.2 Å². The molecular formula is C15H25IN4O. The van der Waals surface area contributed by atoms with E-state index in [1.807, 2.05) is 6.07 Å². The van der Waals surface area contributed by atoms with E-state index in [0.29, 0.717) is 6.04 Å². The number of hydrogen-bond acceptors (Lipinski definition) is 5. The first kappa shape index (κ1) is 16.6. The molecule has 1 atom stereocenters. The van der Waals surface area contributed by atoms with Crippen LogP contribution in [0.15, 0.2) is 27.8 Å². The van der Waals surface area contributed by atoms with E-state index in [1.54, 1.807) is 6.26 Å². The Bertz CT molecular complexity index is 443. The molecule has 0 bridgehead atoms. The Morgan fingerprint density at radius 1 is 1.29 bits per heavy atom. The molecule has 2 aliphatic rings. The minimum Gasteiger partial charge on any atom is -0.468 e. The van der Waals surface area contributed by atoms with Gasteiger partial charge in [-0.2, -0.15) is 0 Å². The molecule has 0 aromatic carbocycles. The monoisotopic (exact) mass is 404 g/mol. The van der Waals surface area contributed by atoms with Gasteiger partial charge in [-0.25, -0.2) is 0 Å². The number of aliphatic imine (C=N–C) groups is 1. The van der Waals surface area contributed by atoms with Gasteiger partial charge in [0.1, 0.15) is 5.76 Å². The van der Waals surface area contributed by atoms with Crippen LogP contribution in [0.25, 0.3) is 0 Å². The van der Waals surface area contributed by atoms with E-state index in [2.05, 4.69) is 33.2 Å². The lowest BCUT2D eigenvalue weighted by atomic mass is 10.1. The van der Waals surface area contributed by atoms with Gasteiger partial charge in [-0.15, -0.1) is 24.0 Å². The van der Waals surface area contributed by atoms with Gasteiger partial charge in [-0.1, -0.05) is 6.42 Å². The first-order valence-electron chi connectivity index (χ1n) is 7.61. The minimum atomic E-state index is 0. The van der Waals surface area contributed by atoms with Crippen LogP contribution in [0.5, 0.6) is 0 Å². The van der Waals surface area contributed by atoms with Crippen molar-refractivity contribution in [2.75, 3.05) is 39.8 Å². The average molecular weight is 404 g/mol. The lowest BCUT2D eigenvalue weighted by Crippen LogP contribution is -2.43. The maximum atomic E-state index is 5.66. The van der Waals surface area contributed by atoms with Crippen molar-refractivity contribution in [3.63, 3.8) is 0 Å². The third-order valence-electron chi connectivity index (χ3n) is 4.22. The molecule has 2 aliphatic heterocycles. The molecule has 3 heterocycles. The molecule has 1 saturated heterocycles. The zero-order chi connectivity index (χ0) is 13.8. The van der Waals surface area contributed by atoms with Crippen molar-refractivity contribution in [2.24, 2.45) is 4.99 Å². The summed E-state index contributed by atoms with van der Waals surface area (Å²) in [6.07, 6.45) is 5.70. The maximum Gasteiger partial charge on any atom is 0.193 e. The quantitative estimate of drug-likeness (QED) is 0.783. The third kappa shape index (κ3) is 4.12. The largest absolute Gasteiger partial charge is 0.468 e. The summed E-state index contributed by atoms with van der Waals surface area (Å²) in [6, 6.07) is 4.37. The molecule has 0 aliphatic carbocycles. The summed E-state index contributed by atoms with van der Waals surface area (Å²) >= 11 is 0. The van der Waals surface area contributed by atoms with Crippen LogP contribution in [0.2, 0.25) is 0 Å². The van der Waals surface area contributed by atoms with Crippen LogP contribution in [0.3, 0.4) is 0 Å². The molecule has 1 aromatic rings. The number of likely N-dealkylation sites (tertiary alicyclic amines) is 1. The number of rotatable bonds is 4. The molecule has 0 radical (unpaired) electrons. The molecule has 0 amide bonds. The SMILES string of the molecule is CN1CCN=C1NCC(c1ccco1)N1CCCCC1.I. The molecule has 118 valence electrons. The van der Waals surface area contributed by atoms with Crippen molar-refractivity contribution in [1.82, 2.24) is 15.1 Å². The zero-order valence-electron chi connectivity index (χ0n) is 12.6. The lowest BCUT2D eigenvalue weighted by Gasteiger charge is -2.34. The number of guanidine groups is 1. The molecule has 1 fully saturated rings. The predicted molar refractivity (Wildman–Crippen MR) is 95.2 cm³/mol. The fourth-order valence-corrected chi connectivity index (χ4v) is 3.03. The van der Waals surface area contributed by atoms with Crippen LogP contribution in [0.1, 0.15) is 31.1 Å². The second-order valence-corrected chi connectivity index (χ2v) is 5.64. The van der Waals surface area contributed by atoms with Gasteiger partial charge in [0.15, 0.2) is 5.96 Å². The summed E-state index contributed by atoms with van der Waals surface area (Å²) in [5, 5.41) is 3.49. The molecule has 5 nitrogen and oxygen atoms in total. The number of piperidine rings is 1. The zero-order valence-corrected chi connectivity index (χ0v) is 15.0. The summed E-state index contributed by atoms with van der Waals surface area (Å²) in [4.78, 5) is 9.21. The fraction of sp³-hybridized carbons (Fsp3) is 0.667. The van der Waals surface area contributed by atoms with Crippen molar-refractivity contribution in [3.8, 4) is 0 Å². The van der Waals surface area contributed by atoms with Crippen molar-refractivity contribution < 1.29 is 4.42 Å². The summed E-state index contributed by atoms with van der Waals surface area (Å²) < 4.78 is 5.66.